The minimum absolute atomic E-state index is 0.0512. The van der Waals surface area contributed by atoms with Crippen molar-refractivity contribution >= 4 is 38.7 Å². The molecular formula is C24H17N3O6S. The molecule has 1 N–H and O–H groups in total. The van der Waals surface area contributed by atoms with Gasteiger partial charge in [0.2, 0.25) is 0 Å². The number of benzene rings is 4. The Morgan fingerprint density at radius 1 is 0.912 bits per heavy atom. The fourth-order valence-electron chi connectivity index (χ4n) is 3.17. The molecule has 4 aromatic rings. The van der Waals surface area contributed by atoms with Crippen molar-refractivity contribution < 1.29 is 22.3 Å². The van der Waals surface area contributed by atoms with Gasteiger partial charge < -0.3 is 4.18 Å². The van der Waals surface area contributed by atoms with Crippen LogP contribution in [0.2, 0.25) is 0 Å². The van der Waals surface area contributed by atoms with Gasteiger partial charge in [-0.3, -0.25) is 14.9 Å². The van der Waals surface area contributed by atoms with E-state index in [1.165, 1.54) is 18.3 Å². The number of nitrogens with one attached hydrogen (secondary N) is 1. The molecule has 0 aromatic heterocycles. The second-order valence-corrected chi connectivity index (χ2v) is 8.63. The van der Waals surface area contributed by atoms with Crippen molar-refractivity contribution in [3.8, 4) is 5.75 Å². The zero-order chi connectivity index (χ0) is 24.1. The molecule has 170 valence electrons. The topological polar surface area (TPSA) is 128 Å². The van der Waals surface area contributed by atoms with Gasteiger partial charge in [-0.2, -0.15) is 13.5 Å². The number of fused-ring (bicyclic) bond motifs is 1. The summed E-state index contributed by atoms with van der Waals surface area (Å²) in [5, 5.41) is 16.4. The molecule has 4 rings (SSSR count). The van der Waals surface area contributed by atoms with Crippen molar-refractivity contribution in [2.24, 2.45) is 5.10 Å². The number of nitro benzene ring substituents is 1. The molecular weight excluding hydrogens is 458 g/mol. The van der Waals surface area contributed by atoms with E-state index in [4.69, 9.17) is 4.18 Å². The highest BCUT2D eigenvalue weighted by Gasteiger charge is 2.18. The second kappa shape index (κ2) is 9.51. The predicted octanol–water partition coefficient (Wildman–Crippen LogP) is 4.28. The minimum atomic E-state index is -4.16. The first-order valence-electron chi connectivity index (χ1n) is 9.94. The molecule has 0 saturated heterocycles. The molecule has 0 bridgehead atoms. The Labute approximate surface area is 194 Å². The number of hydrazone groups is 1. The van der Waals surface area contributed by atoms with Crippen molar-refractivity contribution in [1.29, 1.82) is 0 Å². The number of non-ortho nitro benzene ring substituents is 1. The van der Waals surface area contributed by atoms with Gasteiger partial charge in [-0.15, -0.1) is 0 Å². The lowest BCUT2D eigenvalue weighted by molar-refractivity contribution is -0.384. The molecule has 0 aliphatic carbocycles. The Morgan fingerprint density at radius 3 is 2.29 bits per heavy atom. The van der Waals surface area contributed by atoms with Crippen LogP contribution >= 0.6 is 0 Å². The molecule has 0 atom stereocenters. The van der Waals surface area contributed by atoms with Gasteiger partial charge in [-0.05, 0) is 58.8 Å². The third kappa shape index (κ3) is 5.08. The fraction of sp³-hybridized carbons (Fsp3) is 0. The number of carbonyl (C=O) groups is 1. The van der Waals surface area contributed by atoms with Crippen LogP contribution in [-0.4, -0.2) is 25.5 Å². The Hall–Kier alpha value is -4.57. The summed E-state index contributed by atoms with van der Waals surface area (Å²) in [5.41, 5.74) is 3.35. The van der Waals surface area contributed by atoms with E-state index in [9.17, 15) is 23.3 Å². The normalized spacial score (nSPS) is 11.4. The van der Waals surface area contributed by atoms with E-state index < -0.39 is 15.0 Å². The van der Waals surface area contributed by atoms with Crippen LogP contribution in [0.15, 0.2) is 101 Å². The summed E-state index contributed by atoms with van der Waals surface area (Å²) in [6.45, 7) is 0. The summed E-state index contributed by atoms with van der Waals surface area (Å²) in [5.74, 6) is -0.308. The van der Waals surface area contributed by atoms with E-state index in [0.717, 1.165) is 35.0 Å². The van der Waals surface area contributed by atoms with Crippen molar-refractivity contribution in [1.82, 2.24) is 5.43 Å². The molecule has 1 amide bonds. The van der Waals surface area contributed by atoms with Crippen LogP contribution in [0.5, 0.6) is 5.75 Å². The standard InChI is InChI=1S/C24H17N3O6S/c28-24(23-7-3-5-18-4-1-2-6-22(18)23)26-25-16-17-8-12-20(13-9-17)33-34(31,32)21-14-10-19(11-15-21)27(29)30/h1-16H,(H,26,28). The smallest absolute Gasteiger partial charge is 0.339 e. The maximum absolute atomic E-state index is 12.5. The highest BCUT2D eigenvalue weighted by atomic mass is 32.2. The van der Waals surface area contributed by atoms with Crippen molar-refractivity contribution in [2.75, 3.05) is 0 Å². The van der Waals surface area contributed by atoms with E-state index in [0.29, 0.717) is 11.1 Å². The Bertz CT molecular complexity index is 1490. The lowest BCUT2D eigenvalue weighted by atomic mass is 10.0. The van der Waals surface area contributed by atoms with E-state index in [1.54, 1.807) is 24.3 Å². The van der Waals surface area contributed by atoms with Crippen LogP contribution in [-0.2, 0) is 10.1 Å². The molecule has 0 fully saturated rings. The summed E-state index contributed by atoms with van der Waals surface area (Å²) in [6.07, 6.45) is 1.41. The average Bonchev–Trinajstić information content (AvgIpc) is 2.84. The largest absolute Gasteiger partial charge is 0.379 e. The zero-order valence-electron chi connectivity index (χ0n) is 17.5. The summed E-state index contributed by atoms with van der Waals surface area (Å²) in [6, 6.07) is 23.3. The first kappa shape index (κ1) is 22.6. The van der Waals surface area contributed by atoms with Gasteiger partial charge in [0, 0.05) is 17.7 Å². The fourth-order valence-corrected chi connectivity index (χ4v) is 4.10. The van der Waals surface area contributed by atoms with E-state index in [2.05, 4.69) is 10.5 Å². The monoisotopic (exact) mass is 475 g/mol. The summed E-state index contributed by atoms with van der Waals surface area (Å²) < 4.78 is 29.8. The van der Waals surface area contributed by atoms with E-state index in [1.807, 2.05) is 30.3 Å². The maximum atomic E-state index is 12.5. The van der Waals surface area contributed by atoms with Crippen LogP contribution in [0.4, 0.5) is 5.69 Å². The molecule has 10 heteroatoms. The SMILES string of the molecule is O=C(NN=Cc1ccc(OS(=O)(=O)c2ccc([N+](=O)[O-])cc2)cc1)c1cccc2ccccc12. The van der Waals surface area contributed by atoms with Crippen molar-refractivity contribution in [2.45, 2.75) is 4.90 Å². The number of nitro groups is 1. The van der Waals surface area contributed by atoms with Crippen LogP contribution < -0.4 is 9.61 Å². The van der Waals surface area contributed by atoms with Crippen LogP contribution in [0, 0.1) is 10.1 Å². The van der Waals surface area contributed by atoms with Gasteiger partial charge in [-0.1, -0.05) is 36.4 Å². The molecule has 4 aromatic carbocycles. The number of carbonyl (C=O) groups excluding carboxylic acids is 1. The summed E-state index contributed by atoms with van der Waals surface area (Å²) >= 11 is 0. The molecule has 34 heavy (non-hydrogen) atoms. The molecule has 0 aliphatic heterocycles. The van der Waals surface area contributed by atoms with Gasteiger partial charge in [-0.25, -0.2) is 5.43 Å². The molecule has 0 spiro atoms. The zero-order valence-corrected chi connectivity index (χ0v) is 18.3. The Kier molecular flexibility index (Phi) is 6.33. The summed E-state index contributed by atoms with van der Waals surface area (Å²) in [4.78, 5) is 22.4. The number of rotatable bonds is 7. The lowest BCUT2D eigenvalue weighted by Crippen LogP contribution is -2.17. The summed E-state index contributed by atoms with van der Waals surface area (Å²) in [7, 11) is -4.16. The van der Waals surface area contributed by atoms with Gasteiger partial charge in [0.25, 0.3) is 11.6 Å². The van der Waals surface area contributed by atoms with Gasteiger partial charge in [0.1, 0.15) is 10.6 Å². The highest BCUT2D eigenvalue weighted by molar-refractivity contribution is 7.87. The minimum Gasteiger partial charge on any atom is -0.379 e. The number of nitrogens with zero attached hydrogens (tertiary/aromatic N) is 2. The third-order valence-corrected chi connectivity index (χ3v) is 6.10. The first-order chi connectivity index (χ1) is 16.3. The first-order valence-corrected chi connectivity index (χ1v) is 11.3. The highest BCUT2D eigenvalue weighted by Crippen LogP contribution is 2.21. The van der Waals surface area contributed by atoms with Gasteiger partial charge in [0.05, 0.1) is 11.1 Å². The van der Waals surface area contributed by atoms with Crippen LogP contribution in [0.1, 0.15) is 15.9 Å². The van der Waals surface area contributed by atoms with Gasteiger partial charge in [0.15, 0.2) is 0 Å². The van der Waals surface area contributed by atoms with Gasteiger partial charge >= 0.3 is 10.1 Å². The molecule has 9 nitrogen and oxygen atoms in total. The number of hydrogen-bond acceptors (Lipinski definition) is 7. The molecule has 0 radical (unpaired) electrons. The Balaban J connectivity index is 1.40. The predicted molar refractivity (Wildman–Crippen MR) is 126 cm³/mol. The number of amides is 1. The molecule has 0 aliphatic rings. The lowest BCUT2D eigenvalue weighted by Gasteiger charge is -2.07. The quantitative estimate of drug-likeness (QED) is 0.184. The molecule has 0 heterocycles. The van der Waals surface area contributed by atoms with Crippen molar-refractivity contribution in [3.05, 3.63) is 112 Å². The average molecular weight is 475 g/mol. The maximum Gasteiger partial charge on any atom is 0.339 e. The van der Waals surface area contributed by atoms with Crippen molar-refractivity contribution in [3.63, 3.8) is 0 Å². The van der Waals surface area contributed by atoms with Crippen LogP contribution in [0.25, 0.3) is 10.8 Å². The Morgan fingerprint density at radius 2 is 1.59 bits per heavy atom. The molecule has 0 unspecified atom stereocenters. The van der Waals surface area contributed by atoms with E-state index in [-0.39, 0.29) is 22.2 Å². The third-order valence-electron chi connectivity index (χ3n) is 4.84. The van der Waals surface area contributed by atoms with Crippen LogP contribution in [0.3, 0.4) is 0 Å². The number of hydrogen-bond donors (Lipinski definition) is 1. The second-order valence-electron chi connectivity index (χ2n) is 7.08. The van der Waals surface area contributed by atoms with E-state index >= 15 is 0 Å². The molecule has 0 saturated carbocycles.